The average molecular weight is 473 g/mol. The number of aliphatic hydroxyl groups excluding tert-OH is 2. The Bertz CT molecular complexity index is 1170. The first-order valence-electron chi connectivity index (χ1n) is 10.7. The number of aromatic hydroxyl groups is 1. The molecule has 0 aromatic heterocycles. The number of phenols is 1. The van der Waals surface area contributed by atoms with Gasteiger partial charge in [0.1, 0.15) is 22.9 Å². The number of Topliss-reactive ketones (excluding diaryl/α,β-unsaturated/α-hetero) is 1. The number of carbonyl (C=O) groups is 3. The number of carbonyl (C=O) groups excluding carboxylic acids is 3. The van der Waals surface area contributed by atoms with Crippen molar-refractivity contribution in [2.24, 2.45) is 17.6 Å². The lowest BCUT2D eigenvalue weighted by Gasteiger charge is -2.51. The molecule has 4 atom stereocenters. The molecule has 0 bridgehead atoms. The summed E-state index contributed by atoms with van der Waals surface area (Å²) in [4.78, 5) is 38.3. The highest BCUT2D eigenvalue weighted by Crippen LogP contribution is 2.54. The van der Waals surface area contributed by atoms with Crippen LogP contribution in [0.15, 0.2) is 23.0 Å². The largest absolute Gasteiger partial charge is 0.510 e. The average Bonchev–Trinajstić information content (AvgIpc) is 2.76. The van der Waals surface area contributed by atoms with Crippen LogP contribution < -0.4 is 15.8 Å². The fraction of sp³-hybridized carbons (Fsp3) is 0.435. The van der Waals surface area contributed by atoms with Gasteiger partial charge in [-0.2, -0.15) is 0 Å². The van der Waals surface area contributed by atoms with Crippen molar-refractivity contribution in [2.45, 2.75) is 30.9 Å². The number of primary amides is 1. The molecule has 1 aromatic rings. The van der Waals surface area contributed by atoms with Gasteiger partial charge in [0, 0.05) is 29.5 Å². The molecular weight excluding hydrogens is 446 g/mol. The third-order valence-corrected chi connectivity index (χ3v) is 7.21. The molecule has 3 aliphatic rings. The molecule has 0 heterocycles. The number of phenolic OH excluding ortho intramolecular Hbond substituents is 1. The Labute approximate surface area is 195 Å². The highest BCUT2D eigenvalue weighted by atomic mass is 16.5. The van der Waals surface area contributed by atoms with E-state index in [1.54, 1.807) is 19.0 Å². The second-order valence-corrected chi connectivity index (χ2v) is 9.16. The maximum atomic E-state index is 13.7. The summed E-state index contributed by atoms with van der Waals surface area (Å²) in [5, 5.41) is 46.6. The summed E-state index contributed by atoms with van der Waals surface area (Å²) >= 11 is 0. The van der Waals surface area contributed by atoms with Gasteiger partial charge < -0.3 is 36.2 Å². The van der Waals surface area contributed by atoms with Crippen molar-refractivity contribution in [1.82, 2.24) is 4.90 Å². The molecule has 0 spiro atoms. The number of benzene rings is 1. The van der Waals surface area contributed by atoms with Crippen LogP contribution in [0.1, 0.15) is 24.0 Å². The summed E-state index contributed by atoms with van der Waals surface area (Å²) in [5.41, 5.74) is 3.33. The number of methoxy groups -OCH3 is 1. The number of aliphatic hydroxyl groups is 3. The van der Waals surface area contributed by atoms with E-state index in [1.165, 1.54) is 13.2 Å². The number of nitrogens with one attached hydrogen (secondary N) is 1. The van der Waals surface area contributed by atoms with Crippen LogP contribution in [-0.2, 0) is 20.8 Å². The first-order valence-corrected chi connectivity index (χ1v) is 10.7. The predicted molar refractivity (Wildman–Crippen MR) is 120 cm³/mol. The molecule has 11 heteroatoms. The number of ether oxygens (including phenoxy) is 1. The van der Waals surface area contributed by atoms with Crippen molar-refractivity contribution in [3.05, 3.63) is 34.1 Å². The Morgan fingerprint density at radius 2 is 2.00 bits per heavy atom. The molecule has 0 unspecified atom stereocenters. The molecular formula is C23H27N3O8. The number of likely N-dealkylation sites (N-methyl/N-ethyl adjacent to an activating group) is 1. The van der Waals surface area contributed by atoms with E-state index >= 15 is 0 Å². The maximum Gasteiger partial charge on any atom is 0.248 e. The van der Waals surface area contributed by atoms with Gasteiger partial charge in [-0.05, 0) is 32.9 Å². The van der Waals surface area contributed by atoms with E-state index in [0.29, 0.717) is 17.7 Å². The van der Waals surface area contributed by atoms with Crippen LogP contribution in [0.3, 0.4) is 0 Å². The standard InChI is InChI=1S/C23H27N3O8/c1-26(2)17-12-5-9-4-10-14(34-3)6-13(25-8-27)19(29)16(10)20(30)15(9)21(31)23(12,33)7-11(18(17)28)22(24)32/h6,8-9,12,17,28-30,33H,4-5,7H2,1-3H3,(H2,24,32)(H,25,27)/t9-,12-,17-,23-/m0/s1. The molecule has 34 heavy (non-hydrogen) atoms. The molecule has 0 aliphatic heterocycles. The molecule has 11 nitrogen and oxygen atoms in total. The quantitative estimate of drug-likeness (QED) is 0.260. The first kappa shape index (κ1) is 23.6. The van der Waals surface area contributed by atoms with Gasteiger partial charge in [-0.15, -0.1) is 0 Å². The van der Waals surface area contributed by atoms with E-state index in [9.17, 15) is 34.8 Å². The molecule has 3 aliphatic carbocycles. The van der Waals surface area contributed by atoms with Crippen molar-refractivity contribution in [3.8, 4) is 11.5 Å². The number of amides is 2. The van der Waals surface area contributed by atoms with Gasteiger partial charge in [-0.3, -0.25) is 19.3 Å². The van der Waals surface area contributed by atoms with E-state index in [1.807, 2.05) is 0 Å². The number of hydrogen-bond donors (Lipinski definition) is 6. The summed E-state index contributed by atoms with van der Waals surface area (Å²) < 4.78 is 5.41. The number of ketones is 1. The Balaban J connectivity index is 1.93. The number of hydrogen-bond acceptors (Lipinski definition) is 9. The summed E-state index contributed by atoms with van der Waals surface area (Å²) in [6.07, 6.45) is 0.237. The third kappa shape index (κ3) is 3.15. The van der Waals surface area contributed by atoms with Gasteiger partial charge in [-0.1, -0.05) is 0 Å². The van der Waals surface area contributed by atoms with Gasteiger partial charge >= 0.3 is 0 Å². The molecule has 7 N–H and O–H groups in total. The van der Waals surface area contributed by atoms with Crippen molar-refractivity contribution >= 4 is 29.5 Å². The van der Waals surface area contributed by atoms with Crippen molar-refractivity contribution in [2.75, 3.05) is 26.5 Å². The fourth-order valence-electron chi connectivity index (χ4n) is 5.72. The molecule has 0 saturated heterocycles. The summed E-state index contributed by atoms with van der Waals surface area (Å²) in [6, 6.07) is 0.559. The fourth-order valence-corrected chi connectivity index (χ4v) is 5.72. The SMILES string of the molecule is COc1cc(NC=O)c(O)c2c1C[C@H]1C[C@H]3[C@H](N(C)C)C(O)=C(C(N)=O)C[C@@]3(O)C(=O)C1=C2O. The third-order valence-electron chi connectivity index (χ3n) is 7.21. The first-order chi connectivity index (χ1) is 16.0. The van der Waals surface area contributed by atoms with Crippen LogP contribution in [0, 0.1) is 11.8 Å². The molecule has 1 aromatic carbocycles. The number of rotatable bonds is 5. The normalized spacial score (nSPS) is 28.3. The molecule has 4 rings (SSSR count). The van der Waals surface area contributed by atoms with Crippen molar-refractivity contribution in [1.29, 1.82) is 0 Å². The molecule has 0 radical (unpaired) electrons. The topological polar surface area (TPSA) is 183 Å². The Morgan fingerprint density at radius 3 is 2.56 bits per heavy atom. The summed E-state index contributed by atoms with van der Waals surface area (Å²) in [5.74, 6) is -4.08. The molecule has 1 saturated carbocycles. The van der Waals surface area contributed by atoms with Gasteiger partial charge in [-0.25, -0.2) is 0 Å². The van der Waals surface area contributed by atoms with Crippen LogP contribution in [0.5, 0.6) is 11.5 Å². The minimum atomic E-state index is -2.11. The number of fused-ring (bicyclic) bond motifs is 3. The van der Waals surface area contributed by atoms with E-state index < -0.39 is 53.1 Å². The van der Waals surface area contributed by atoms with Crippen LogP contribution in [0.25, 0.3) is 5.76 Å². The molecule has 1 fully saturated rings. The van der Waals surface area contributed by atoms with Crippen molar-refractivity contribution < 1.29 is 39.5 Å². The molecule has 2 amide bonds. The predicted octanol–water partition coefficient (Wildman–Crippen LogP) is 0.362. The second kappa shape index (κ2) is 8.03. The van der Waals surface area contributed by atoms with E-state index in [-0.39, 0.29) is 41.0 Å². The molecule has 182 valence electrons. The van der Waals surface area contributed by atoms with Crippen molar-refractivity contribution in [3.63, 3.8) is 0 Å². The number of anilines is 1. The van der Waals surface area contributed by atoms with Gasteiger partial charge in [0.05, 0.1) is 30.0 Å². The lowest BCUT2D eigenvalue weighted by molar-refractivity contribution is -0.151. The summed E-state index contributed by atoms with van der Waals surface area (Å²) in [6.45, 7) is 0. The zero-order valence-electron chi connectivity index (χ0n) is 19.0. The Kier molecular flexibility index (Phi) is 5.57. The van der Waals surface area contributed by atoms with Crippen LogP contribution in [0.2, 0.25) is 0 Å². The monoisotopic (exact) mass is 473 g/mol. The lowest BCUT2D eigenvalue weighted by atomic mass is 9.57. The lowest BCUT2D eigenvalue weighted by Crippen LogP contribution is -2.62. The zero-order valence-corrected chi connectivity index (χ0v) is 19.0. The highest BCUT2D eigenvalue weighted by Gasteiger charge is 2.60. The Hall–Kier alpha value is -3.57. The van der Waals surface area contributed by atoms with Gasteiger partial charge in [0.15, 0.2) is 11.5 Å². The number of nitrogens with two attached hydrogens (primary N) is 1. The van der Waals surface area contributed by atoms with Gasteiger partial charge in [0.2, 0.25) is 12.3 Å². The smallest absolute Gasteiger partial charge is 0.248 e. The van der Waals surface area contributed by atoms with Crippen LogP contribution >= 0.6 is 0 Å². The zero-order chi connectivity index (χ0) is 25.1. The van der Waals surface area contributed by atoms with E-state index in [2.05, 4.69) is 5.32 Å². The second-order valence-electron chi connectivity index (χ2n) is 9.16. The number of nitrogens with zero attached hydrogens (tertiary/aromatic N) is 1. The van der Waals surface area contributed by atoms with Crippen LogP contribution in [-0.4, -0.2) is 76.3 Å². The Morgan fingerprint density at radius 1 is 1.32 bits per heavy atom. The summed E-state index contributed by atoms with van der Waals surface area (Å²) in [7, 11) is 4.70. The van der Waals surface area contributed by atoms with E-state index in [0.717, 1.165) is 0 Å². The minimum Gasteiger partial charge on any atom is -0.510 e. The maximum absolute atomic E-state index is 13.7. The van der Waals surface area contributed by atoms with Gasteiger partial charge in [0.25, 0.3) is 0 Å². The van der Waals surface area contributed by atoms with E-state index in [4.69, 9.17) is 10.5 Å². The minimum absolute atomic E-state index is 0.0229. The van der Waals surface area contributed by atoms with Crippen LogP contribution in [0.4, 0.5) is 5.69 Å². The highest BCUT2D eigenvalue weighted by molar-refractivity contribution is 6.10.